The van der Waals surface area contributed by atoms with Gasteiger partial charge in [0.05, 0.1) is 0 Å². The molecule has 0 fully saturated rings. The molecule has 0 aliphatic carbocycles. The molecule has 3 heteroatoms. The van der Waals surface area contributed by atoms with Crippen LogP contribution in [-0.2, 0) is 0 Å². The molecule has 17 heavy (non-hydrogen) atoms. The number of hydrogen-bond acceptors (Lipinski definition) is 1. The summed E-state index contributed by atoms with van der Waals surface area (Å²) in [4.78, 5) is 12.1. The first-order chi connectivity index (χ1) is 8.18. The zero-order chi connectivity index (χ0) is 12.3. The monoisotopic (exact) mass is 226 g/mol. The summed E-state index contributed by atoms with van der Waals surface area (Å²) in [7, 11) is 1.86. The second-order valence-corrected chi connectivity index (χ2v) is 4.00. The van der Waals surface area contributed by atoms with Crippen molar-refractivity contribution in [3.05, 3.63) is 71.5 Å². The lowest BCUT2D eigenvalue weighted by Gasteiger charge is -2.10. The summed E-state index contributed by atoms with van der Waals surface area (Å²) < 4.78 is 12.8. The molecular weight excluding hydrogens is 214 g/mol. The van der Waals surface area contributed by atoms with E-state index in [4.69, 9.17) is 0 Å². The lowest BCUT2D eigenvalue weighted by Crippen LogP contribution is -2.12. The maximum absolute atomic E-state index is 12.8. The number of carbonyl (C=O) groups is 1. The van der Waals surface area contributed by atoms with Crippen LogP contribution in [0.25, 0.3) is 0 Å². The summed E-state index contributed by atoms with van der Waals surface area (Å²) in [5, 5.41) is 0. The van der Waals surface area contributed by atoms with E-state index in [9.17, 15) is 9.18 Å². The molecule has 1 unspecified atom stereocenters. The van der Waals surface area contributed by atoms with Crippen molar-refractivity contribution in [1.29, 1.82) is 0 Å². The van der Waals surface area contributed by atoms with Gasteiger partial charge in [0.2, 0.25) is 0 Å². The maximum atomic E-state index is 12.8. The number of carbonyl (C=O) groups excluding carboxylic acids is 1. The fraction of sp³-hybridized carbons (Fsp3) is 0.0714. The van der Waals surface area contributed by atoms with Crippen LogP contribution < -0.4 is 0 Å². The van der Waals surface area contributed by atoms with Crippen molar-refractivity contribution in [2.24, 2.45) is 0 Å². The Labute approximate surface area is 101 Å². The molecule has 1 atom stereocenters. The summed E-state index contributed by atoms with van der Waals surface area (Å²) in [6.07, 6.45) is 0. The van der Waals surface area contributed by atoms with E-state index in [-0.39, 0.29) is 17.4 Å². The SMILES string of the molecule is BC(C(=O)c1ccc(F)cc1)c1ccccc1. The molecule has 0 aromatic heterocycles. The van der Waals surface area contributed by atoms with Crippen LogP contribution in [0.15, 0.2) is 54.6 Å². The predicted molar refractivity (Wildman–Crippen MR) is 68.5 cm³/mol. The molecule has 0 N–H and O–H groups in total. The summed E-state index contributed by atoms with van der Waals surface area (Å²) in [6.45, 7) is 0. The second-order valence-electron chi connectivity index (χ2n) is 4.00. The van der Waals surface area contributed by atoms with Crippen molar-refractivity contribution in [1.82, 2.24) is 0 Å². The van der Waals surface area contributed by atoms with Gasteiger partial charge in [-0.25, -0.2) is 4.39 Å². The van der Waals surface area contributed by atoms with Gasteiger partial charge in [0.1, 0.15) is 13.7 Å². The molecular formula is C14H12BFO. The van der Waals surface area contributed by atoms with Gasteiger partial charge in [0.25, 0.3) is 0 Å². The van der Waals surface area contributed by atoms with Gasteiger partial charge < -0.3 is 0 Å². The molecule has 0 aliphatic rings. The summed E-state index contributed by atoms with van der Waals surface area (Å²) in [6, 6.07) is 15.2. The first-order valence-corrected chi connectivity index (χ1v) is 5.53. The minimum Gasteiger partial charge on any atom is -0.294 e. The van der Waals surface area contributed by atoms with Crippen LogP contribution in [0.2, 0.25) is 0 Å². The van der Waals surface area contributed by atoms with Crippen LogP contribution >= 0.6 is 0 Å². The molecule has 0 aliphatic heterocycles. The van der Waals surface area contributed by atoms with Crippen molar-refractivity contribution in [2.75, 3.05) is 0 Å². The van der Waals surface area contributed by atoms with Gasteiger partial charge in [0, 0.05) is 11.4 Å². The van der Waals surface area contributed by atoms with E-state index in [2.05, 4.69) is 0 Å². The van der Waals surface area contributed by atoms with E-state index in [1.165, 1.54) is 24.3 Å². The number of ketones is 1. The quantitative estimate of drug-likeness (QED) is 0.580. The van der Waals surface area contributed by atoms with Gasteiger partial charge in [-0.05, 0) is 29.8 Å². The van der Waals surface area contributed by atoms with E-state index < -0.39 is 0 Å². The van der Waals surface area contributed by atoms with Gasteiger partial charge in [0.15, 0.2) is 5.78 Å². The Morgan fingerprint density at radius 3 is 2.18 bits per heavy atom. The normalized spacial score (nSPS) is 12.1. The highest BCUT2D eigenvalue weighted by Crippen LogP contribution is 2.17. The second kappa shape index (κ2) is 4.96. The highest BCUT2D eigenvalue weighted by Gasteiger charge is 2.16. The lowest BCUT2D eigenvalue weighted by atomic mass is 9.76. The average molecular weight is 226 g/mol. The van der Waals surface area contributed by atoms with E-state index >= 15 is 0 Å². The van der Waals surface area contributed by atoms with Crippen molar-refractivity contribution in [3.63, 3.8) is 0 Å². The molecule has 0 radical (unpaired) electrons. The van der Waals surface area contributed by atoms with Crippen molar-refractivity contribution in [2.45, 2.75) is 5.82 Å². The number of benzene rings is 2. The van der Waals surface area contributed by atoms with E-state index in [1.807, 2.05) is 38.2 Å². The highest BCUT2D eigenvalue weighted by molar-refractivity contribution is 6.28. The standard InChI is InChI=1S/C14H12BFO/c15-13(10-4-2-1-3-5-10)14(17)11-6-8-12(16)9-7-11/h1-9,13H,15H2. The molecule has 0 saturated heterocycles. The molecule has 2 rings (SSSR count). The Hall–Kier alpha value is -1.90. The van der Waals surface area contributed by atoms with Gasteiger partial charge in [-0.3, -0.25) is 4.79 Å². The molecule has 0 amide bonds. The van der Waals surface area contributed by atoms with Crippen molar-refractivity contribution >= 4 is 13.6 Å². The predicted octanol–water partition coefficient (Wildman–Crippen LogP) is 2.38. The van der Waals surface area contributed by atoms with Crippen molar-refractivity contribution < 1.29 is 9.18 Å². The van der Waals surface area contributed by atoms with Crippen LogP contribution in [0.4, 0.5) is 4.39 Å². The first kappa shape index (κ1) is 11.6. The minimum atomic E-state index is -0.325. The third-order valence-electron chi connectivity index (χ3n) is 2.82. The smallest absolute Gasteiger partial charge is 0.162 e. The summed E-state index contributed by atoms with van der Waals surface area (Å²) in [5.41, 5.74) is 1.52. The van der Waals surface area contributed by atoms with Gasteiger partial charge in [-0.1, -0.05) is 30.3 Å². The summed E-state index contributed by atoms with van der Waals surface area (Å²) in [5.74, 6) is -0.522. The topological polar surface area (TPSA) is 17.1 Å². The van der Waals surface area contributed by atoms with E-state index in [0.717, 1.165) is 5.56 Å². The van der Waals surface area contributed by atoms with Crippen LogP contribution in [-0.4, -0.2) is 13.6 Å². The number of Topliss-reactive ketones (excluding diaryl/α,β-unsaturated/α-hetero) is 1. The molecule has 2 aromatic rings. The van der Waals surface area contributed by atoms with Gasteiger partial charge >= 0.3 is 0 Å². The van der Waals surface area contributed by atoms with Crippen LogP contribution in [0.5, 0.6) is 0 Å². The minimum absolute atomic E-state index is 0.0104. The number of rotatable bonds is 3. The Morgan fingerprint density at radius 1 is 1.00 bits per heavy atom. The third-order valence-corrected chi connectivity index (χ3v) is 2.82. The first-order valence-electron chi connectivity index (χ1n) is 5.53. The Bertz CT molecular complexity index is 508. The zero-order valence-corrected chi connectivity index (χ0v) is 9.56. The van der Waals surface area contributed by atoms with E-state index in [1.54, 1.807) is 0 Å². The van der Waals surface area contributed by atoms with Gasteiger partial charge in [-0.2, -0.15) is 0 Å². The molecule has 0 heterocycles. The maximum Gasteiger partial charge on any atom is 0.162 e. The molecule has 0 bridgehead atoms. The third kappa shape index (κ3) is 2.62. The molecule has 0 spiro atoms. The molecule has 0 saturated carbocycles. The van der Waals surface area contributed by atoms with Gasteiger partial charge in [-0.15, -0.1) is 0 Å². The highest BCUT2D eigenvalue weighted by atomic mass is 19.1. The largest absolute Gasteiger partial charge is 0.294 e. The number of hydrogen-bond donors (Lipinski definition) is 0. The van der Waals surface area contributed by atoms with Crippen LogP contribution in [0, 0.1) is 5.82 Å². The van der Waals surface area contributed by atoms with Crippen LogP contribution in [0.3, 0.4) is 0 Å². The Morgan fingerprint density at radius 2 is 1.59 bits per heavy atom. The summed E-state index contributed by atoms with van der Waals surface area (Å²) >= 11 is 0. The molecule has 1 nitrogen and oxygen atoms in total. The fourth-order valence-corrected chi connectivity index (χ4v) is 1.76. The Balaban J connectivity index is 2.23. The Kier molecular flexibility index (Phi) is 3.38. The number of halogens is 1. The molecule has 2 aromatic carbocycles. The van der Waals surface area contributed by atoms with Crippen LogP contribution in [0.1, 0.15) is 21.7 Å². The zero-order valence-electron chi connectivity index (χ0n) is 9.56. The average Bonchev–Trinajstić information content (AvgIpc) is 2.39. The van der Waals surface area contributed by atoms with E-state index in [0.29, 0.717) is 5.56 Å². The fourth-order valence-electron chi connectivity index (χ4n) is 1.76. The molecule has 84 valence electrons. The van der Waals surface area contributed by atoms with Crippen molar-refractivity contribution in [3.8, 4) is 0 Å². The lowest BCUT2D eigenvalue weighted by molar-refractivity contribution is 0.0987.